The summed E-state index contributed by atoms with van der Waals surface area (Å²) < 4.78 is 13.6. The number of carbonyl (C=O) groups excluding carboxylic acids is 3. The number of hydrazine groups is 1. The van der Waals surface area contributed by atoms with Gasteiger partial charge in [-0.15, -0.1) is 11.3 Å². The lowest BCUT2D eigenvalue weighted by molar-refractivity contribution is -0.145. The number of anilines is 1. The number of aryl methyl sites for hydroxylation is 1. The minimum absolute atomic E-state index is 0.0292. The molecule has 3 amide bonds. The first-order chi connectivity index (χ1) is 19.2. The maximum Gasteiger partial charge on any atom is 0.268 e. The minimum atomic E-state index is -0.591. The molecule has 0 aliphatic carbocycles. The average molecular weight is 568 g/mol. The lowest BCUT2D eigenvalue weighted by Crippen LogP contribution is -2.47. The lowest BCUT2D eigenvalue weighted by atomic mass is 10.1. The minimum Gasteiger partial charge on any atom is -0.364 e. The average Bonchev–Trinajstić information content (AvgIpc) is 3.59. The number of amides is 3. The van der Waals surface area contributed by atoms with Gasteiger partial charge >= 0.3 is 0 Å². The Hall–Kier alpha value is -3.71. The van der Waals surface area contributed by atoms with E-state index in [0.717, 1.165) is 34.5 Å². The first-order valence-electron chi connectivity index (χ1n) is 13.0. The Bertz CT molecular complexity index is 1400. The second kappa shape index (κ2) is 13.1. The molecular weight excluding hydrogens is 533 g/mol. The summed E-state index contributed by atoms with van der Waals surface area (Å²) >= 11 is 1.31. The fourth-order valence-corrected chi connectivity index (χ4v) is 5.31. The monoisotopic (exact) mass is 567 g/mol. The second-order valence-corrected chi connectivity index (χ2v) is 10.4. The van der Waals surface area contributed by atoms with E-state index in [-0.39, 0.29) is 36.4 Å². The van der Waals surface area contributed by atoms with Gasteiger partial charge in [-0.3, -0.25) is 24.7 Å². The van der Waals surface area contributed by atoms with Crippen molar-refractivity contribution in [2.75, 3.05) is 44.7 Å². The summed E-state index contributed by atoms with van der Waals surface area (Å²) in [6.07, 6.45) is 0. The predicted molar refractivity (Wildman–Crippen MR) is 153 cm³/mol. The highest BCUT2D eigenvalue weighted by molar-refractivity contribution is 7.13. The summed E-state index contributed by atoms with van der Waals surface area (Å²) in [5.74, 6) is -1.27. The zero-order valence-electron chi connectivity index (χ0n) is 22.9. The number of hydrogen-bond donors (Lipinski definition) is 3. The van der Waals surface area contributed by atoms with Crippen LogP contribution in [0.2, 0.25) is 0 Å². The van der Waals surface area contributed by atoms with Crippen LogP contribution in [-0.4, -0.2) is 72.5 Å². The molecule has 4 rings (SSSR count). The molecule has 3 aromatic rings. The van der Waals surface area contributed by atoms with Crippen molar-refractivity contribution in [1.29, 1.82) is 0 Å². The van der Waals surface area contributed by atoms with Gasteiger partial charge in [-0.2, -0.15) is 0 Å². The van der Waals surface area contributed by atoms with Crippen LogP contribution >= 0.6 is 11.3 Å². The molecule has 40 heavy (non-hydrogen) atoms. The Labute approximate surface area is 236 Å². The summed E-state index contributed by atoms with van der Waals surface area (Å²) in [5.41, 5.74) is 9.81. The maximum atomic E-state index is 13.6. The van der Waals surface area contributed by atoms with Crippen LogP contribution in [0.25, 0.3) is 10.6 Å². The van der Waals surface area contributed by atoms with Gasteiger partial charge in [-0.05, 0) is 48.4 Å². The molecule has 1 aromatic heterocycles. The van der Waals surface area contributed by atoms with Crippen molar-refractivity contribution in [3.8, 4) is 10.6 Å². The smallest absolute Gasteiger partial charge is 0.268 e. The summed E-state index contributed by atoms with van der Waals surface area (Å²) in [4.78, 5) is 43.8. The Morgan fingerprint density at radius 3 is 2.55 bits per heavy atom. The fraction of sp³-hybridized carbons (Fsp3) is 0.357. The van der Waals surface area contributed by atoms with Crippen molar-refractivity contribution in [3.63, 3.8) is 0 Å². The van der Waals surface area contributed by atoms with Gasteiger partial charge in [0.2, 0.25) is 5.91 Å². The zero-order valence-corrected chi connectivity index (χ0v) is 23.7. The molecule has 0 saturated heterocycles. The number of nitrogens with zero attached hydrogens (tertiary/aromatic N) is 4. The molecule has 12 heteroatoms. The number of thiazole rings is 1. The molecule has 4 N–H and O–H groups in total. The number of likely N-dealkylation sites (N-methyl/N-ethyl adjacent to an activating group) is 2. The van der Waals surface area contributed by atoms with Crippen molar-refractivity contribution in [2.24, 2.45) is 5.73 Å². The number of nitrogens with two attached hydrogens (primary N) is 1. The van der Waals surface area contributed by atoms with Crippen molar-refractivity contribution >= 4 is 34.7 Å². The van der Waals surface area contributed by atoms with E-state index in [0.29, 0.717) is 31.2 Å². The highest BCUT2D eigenvalue weighted by Gasteiger charge is 2.26. The van der Waals surface area contributed by atoms with Crippen molar-refractivity contribution in [2.45, 2.75) is 26.9 Å². The van der Waals surface area contributed by atoms with Gasteiger partial charge in [0.25, 0.3) is 11.8 Å². The van der Waals surface area contributed by atoms with E-state index in [4.69, 9.17) is 5.73 Å². The molecule has 0 spiro atoms. The molecular formula is C28H34FN7O3S. The van der Waals surface area contributed by atoms with Gasteiger partial charge < -0.3 is 16.0 Å². The second-order valence-electron chi connectivity index (χ2n) is 9.56. The number of benzene rings is 2. The van der Waals surface area contributed by atoms with Crippen LogP contribution in [-0.2, 0) is 22.7 Å². The highest BCUT2D eigenvalue weighted by atomic mass is 32.1. The van der Waals surface area contributed by atoms with Gasteiger partial charge in [-0.25, -0.2) is 14.4 Å². The van der Waals surface area contributed by atoms with Gasteiger partial charge in [0, 0.05) is 49.9 Å². The Morgan fingerprint density at radius 2 is 1.82 bits per heavy atom. The summed E-state index contributed by atoms with van der Waals surface area (Å²) in [6, 6.07) is 10.3. The van der Waals surface area contributed by atoms with E-state index < -0.39 is 5.91 Å². The topological polar surface area (TPSA) is 124 Å². The largest absolute Gasteiger partial charge is 0.364 e. The number of primary amides is 1. The molecule has 212 valence electrons. The van der Waals surface area contributed by atoms with Crippen LogP contribution < -0.4 is 21.3 Å². The SMILES string of the molecule is CCNCCN(C(=O)CNCC(=O)N(C)N1Cc2ccc(F)cc2C1)c1cc(-c2nc(C(N)=O)cs2)ccc1C. The zero-order chi connectivity index (χ0) is 28.8. The van der Waals surface area contributed by atoms with Gasteiger partial charge in [-0.1, -0.05) is 25.1 Å². The third-order valence-corrected chi connectivity index (χ3v) is 7.67. The van der Waals surface area contributed by atoms with Crippen molar-refractivity contribution in [1.82, 2.24) is 25.6 Å². The Balaban J connectivity index is 1.41. The number of fused-ring (bicyclic) bond motifs is 1. The molecule has 0 bridgehead atoms. The quantitative estimate of drug-likeness (QED) is 0.287. The molecule has 0 radical (unpaired) electrons. The molecule has 10 nitrogen and oxygen atoms in total. The molecule has 0 saturated carbocycles. The molecule has 0 fully saturated rings. The van der Waals surface area contributed by atoms with Gasteiger partial charge in [0.05, 0.1) is 13.1 Å². The number of halogens is 1. The van der Waals surface area contributed by atoms with Crippen LogP contribution in [0.4, 0.5) is 10.1 Å². The highest BCUT2D eigenvalue weighted by Crippen LogP contribution is 2.30. The van der Waals surface area contributed by atoms with Crippen molar-refractivity contribution < 1.29 is 18.8 Å². The van der Waals surface area contributed by atoms with Crippen LogP contribution in [0, 0.1) is 12.7 Å². The first kappa shape index (κ1) is 29.3. The van der Waals surface area contributed by atoms with Crippen molar-refractivity contribution in [3.05, 3.63) is 70.0 Å². The van der Waals surface area contributed by atoms with E-state index in [1.54, 1.807) is 23.4 Å². The summed E-state index contributed by atoms with van der Waals surface area (Å²) in [5, 5.41) is 11.8. The number of nitrogens with one attached hydrogen (secondary N) is 2. The first-order valence-corrected chi connectivity index (χ1v) is 13.9. The van der Waals surface area contributed by atoms with E-state index in [1.165, 1.54) is 28.5 Å². The molecule has 2 heterocycles. The molecule has 1 aliphatic heterocycles. The summed E-state index contributed by atoms with van der Waals surface area (Å²) in [6.45, 7) is 6.61. The number of carbonyl (C=O) groups is 3. The van der Waals surface area contributed by atoms with Crippen LogP contribution in [0.1, 0.15) is 34.1 Å². The molecule has 1 aliphatic rings. The van der Waals surface area contributed by atoms with E-state index in [1.807, 2.05) is 37.1 Å². The normalized spacial score (nSPS) is 12.8. The van der Waals surface area contributed by atoms with E-state index in [2.05, 4.69) is 15.6 Å². The molecule has 2 aromatic carbocycles. The molecule has 0 unspecified atom stereocenters. The van der Waals surface area contributed by atoms with Crippen LogP contribution in [0.3, 0.4) is 0 Å². The summed E-state index contributed by atoms with van der Waals surface area (Å²) in [7, 11) is 1.67. The lowest BCUT2D eigenvalue weighted by Gasteiger charge is -2.28. The van der Waals surface area contributed by atoms with Crippen LogP contribution in [0.5, 0.6) is 0 Å². The third kappa shape index (κ3) is 6.89. The Kier molecular flexibility index (Phi) is 9.58. The van der Waals surface area contributed by atoms with Gasteiger partial charge in [0.1, 0.15) is 16.5 Å². The predicted octanol–water partition coefficient (Wildman–Crippen LogP) is 2.28. The standard InChI is InChI=1S/C28H34FN7O3S/c1-4-31-9-10-36(24-12-19(6-5-18(24)2)28-33-23(17-40-28)27(30)39)26(38)14-32-13-25(37)34(3)35-15-20-7-8-22(29)11-21(20)16-35/h5-8,11-12,17,31-32H,4,9-10,13-16H2,1-3H3,(H2,30,39). The maximum absolute atomic E-state index is 13.6. The molecule has 0 atom stereocenters. The van der Waals surface area contributed by atoms with Gasteiger partial charge in [0.15, 0.2) is 0 Å². The number of aromatic nitrogens is 1. The third-order valence-electron chi connectivity index (χ3n) is 6.78. The van der Waals surface area contributed by atoms with E-state index >= 15 is 0 Å². The fourth-order valence-electron chi connectivity index (χ4n) is 4.50. The number of hydrogen-bond acceptors (Lipinski definition) is 8. The Morgan fingerprint density at radius 1 is 1.07 bits per heavy atom. The van der Waals surface area contributed by atoms with E-state index in [9.17, 15) is 18.8 Å². The number of rotatable bonds is 12. The van der Waals surface area contributed by atoms with Crippen LogP contribution in [0.15, 0.2) is 41.8 Å².